The lowest BCUT2D eigenvalue weighted by molar-refractivity contribution is -0.134. The molecule has 2 heterocycles. The second-order valence-electron chi connectivity index (χ2n) is 13.9. The summed E-state index contributed by atoms with van der Waals surface area (Å²) in [5, 5.41) is 0. The van der Waals surface area contributed by atoms with Crippen molar-refractivity contribution in [2.45, 2.75) is 103 Å². The number of ether oxygens (including phenoxy) is 2. The topological polar surface area (TPSA) is 77.5 Å². The third-order valence-corrected chi connectivity index (χ3v) is 8.69. The molecule has 2 amide bonds. The van der Waals surface area contributed by atoms with Crippen LogP contribution in [0.1, 0.15) is 73.3 Å². The van der Waals surface area contributed by atoms with Crippen molar-refractivity contribution < 1.29 is 41.5 Å². The van der Waals surface area contributed by atoms with Gasteiger partial charge in [0, 0.05) is 51.5 Å². The van der Waals surface area contributed by atoms with Crippen molar-refractivity contribution >= 4 is 24.6 Å². The van der Waals surface area contributed by atoms with Crippen LogP contribution < -0.4 is 10.2 Å². The van der Waals surface area contributed by atoms with Crippen LogP contribution in [0.25, 0.3) is 0 Å². The number of rotatable bonds is 8. The molecule has 2 fully saturated rings. The zero-order chi connectivity index (χ0) is 33.3. The Kier molecular flexibility index (Phi) is 10.2. The molecule has 0 bridgehead atoms. The number of halogens is 3. The highest BCUT2D eigenvalue weighted by atomic mass is 19.2. The number of hydrogen-bond acceptors (Lipinski definition) is 6. The van der Waals surface area contributed by atoms with Crippen LogP contribution in [0, 0.1) is 17.5 Å². The van der Waals surface area contributed by atoms with E-state index in [0.717, 1.165) is 11.5 Å². The molecule has 0 spiro atoms. The normalized spacial score (nSPS) is 18.9. The number of likely N-dealkylation sites (tertiary alicyclic amines) is 1. The molecule has 2 aromatic rings. The van der Waals surface area contributed by atoms with E-state index in [4.69, 9.17) is 18.8 Å². The Morgan fingerprint density at radius 1 is 0.978 bits per heavy atom. The van der Waals surface area contributed by atoms with E-state index in [9.17, 15) is 22.8 Å². The molecular weight excluding hydrogens is 588 g/mol. The van der Waals surface area contributed by atoms with Crippen molar-refractivity contribution in [2.24, 2.45) is 0 Å². The maximum atomic E-state index is 14.5. The van der Waals surface area contributed by atoms with Gasteiger partial charge in [-0.05, 0) is 84.1 Å². The van der Waals surface area contributed by atoms with Crippen molar-refractivity contribution in [1.82, 2.24) is 9.80 Å². The molecule has 45 heavy (non-hydrogen) atoms. The molecule has 12 heteroatoms. The highest BCUT2D eigenvalue weighted by molar-refractivity contribution is 6.62. The second-order valence-corrected chi connectivity index (χ2v) is 13.9. The van der Waals surface area contributed by atoms with Gasteiger partial charge in [-0.2, -0.15) is 0 Å². The van der Waals surface area contributed by atoms with Crippen LogP contribution in [0.2, 0.25) is 0 Å². The summed E-state index contributed by atoms with van der Waals surface area (Å²) in [4.78, 5) is 29.1. The molecule has 0 saturated carbocycles. The lowest BCUT2D eigenvalue weighted by atomic mass is 9.79. The molecule has 2 saturated heterocycles. The molecule has 0 aromatic heterocycles. The van der Waals surface area contributed by atoms with Gasteiger partial charge in [-0.1, -0.05) is 12.1 Å². The molecule has 0 aliphatic carbocycles. The Morgan fingerprint density at radius 2 is 1.53 bits per heavy atom. The molecule has 2 aliphatic rings. The van der Waals surface area contributed by atoms with E-state index in [1.807, 2.05) is 52.0 Å². The van der Waals surface area contributed by atoms with E-state index in [-0.39, 0.29) is 30.4 Å². The smallest absolute Gasteiger partial charge is 0.490 e. The third kappa shape index (κ3) is 8.52. The maximum Gasteiger partial charge on any atom is 0.494 e. The van der Waals surface area contributed by atoms with Gasteiger partial charge in [0.15, 0.2) is 11.6 Å². The van der Waals surface area contributed by atoms with Crippen LogP contribution in [-0.2, 0) is 25.3 Å². The van der Waals surface area contributed by atoms with Gasteiger partial charge in [0.2, 0.25) is 5.91 Å². The predicted molar refractivity (Wildman–Crippen MR) is 165 cm³/mol. The fourth-order valence-electron chi connectivity index (χ4n) is 5.23. The quantitative estimate of drug-likeness (QED) is 0.277. The number of likely N-dealkylation sites (N-methyl/N-ethyl adjacent to an activating group) is 1. The van der Waals surface area contributed by atoms with Crippen LogP contribution in [0.4, 0.5) is 18.0 Å². The first-order chi connectivity index (χ1) is 20.8. The highest BCUT2D eigenvalue weighted by Gasteiger charge is 2.51. The average Bonchev–Trinajstić information content (AvgIpc) is 3.16. The van der Waals surface area contributed by atoms with E-state index in [0.29, 0.717) is 37.7 Å². The van der Waals surface area contributed by atoms with Crippen molar-refractivity contribution in [1.29, 1.82) is 0 Å². The summed E-state index contributed by atoms with van der Waals surface area (Å²) < 4.78 is 65.9. The molecule has 0 radical (unpaired) electrons. The van der Waals surface area contributed by atoms with Gasteiger partial charge in [0.05, 0.1) is 11.2 Å². The SMILES string of the molecule is CN(C(=O)OC(C)(C)C)[C@@H](CC(=O)N1CCC(Oc2ccc(B3OC(C)(C)C(C)(C)O3)cc2)CC1)Cc1cc(F)c(F)cc1F. The molecule has 0 unspecified atom stereocenters. The monoisotopic (exact) mass is 632 g/mol. The summed E-state index contributed by atoms with van der Waals surface area (Å²) in [7, 11) is 0.983. The summed E-state index contributed by atoms with van der Waals surface area (Å²) in [5.41, 5.74) is -0.910. The van der Waals surface area contributed by atoms with E-state index < -0.39 is 53.5 Å². The standard InChI is InChI=1S/C33H44BF3N2O6/c1-31(2,3)43-30(41)38(8)23(17-21-18-27(36)28(37)20-26(21)35)19-29(40)39-15-13-25(14-16-39)42-24-11-9-22(10-12-24)34-44-32(4,5)33(6,7)45-34/h9-12,18,20,23,25H,13-17,19H2,1-8H3/t23-/m1/s1. The number of hydrogen-bond donors (Lipinski definition) is 0. The average molecular weight is 633 g/mol. The van der Waals surface area contributed by atoms with E-state index in [2.05, 4.69) is 0 Å². The summed E-state index contributed by atoms with van der Waals surface area (Å²) in [6, 6.07) is 7.98. The van der Waals surface area contributed by atoms with Crippen LogP contribution in [0.3, 0.4) is 0 Å². The number of amides is 2. The number of carbonyl (C=O) groups is 2. The van der Waals surface area contributed by atoms with Gasteiger partial charge in [-0.3, -0.25) is 4.79 Å². The fourth-order valence-corrected chi connectivity index (χ4v) is 5.23. The first kappa shape index (κ1) is 34.6. The van der Waals surface area contributed by atoms with Gasteiger partial charge in [-0.25, -0.2) is 18.0 Å². The summed E-state index contributed by atoms with van der Waals surface area (Å²) >= 11 is 0. The Balaban J connectivity index is 1.35. The minimum Gasteiger partial charge on any atom is -0.490 e. The van der Waals surface area contributed by atoms with Crippen molar-refractivity contribution in [2.75, 3.05) is 20.1 Å². The molecule has 2 aliphatic heterocycles. The molecular formula is C33H44BF3N2O6. The zero-order valence-electron chi connectivity index (χ0n) is 27.4. The molecule has 0 N–H and O–H groups in total. The molecule has 2 aromatic carbocycles. The first-order valence-corrected chi connectivity index (χ1v) is 15.3. The van der Waals surface area contributed by atoms with Crippen LogP contribution in [0.15, 0.2) is 36.4 Å². The largest absolute Gasteiger partial charge is 0.494 e. The number of nitrogens with zero attached hydrogens (tertiary/aromatic N) is 2. The summed E-state index contributed by atoms with van der Waals surface area (Å²) in [5.74, 6) is -3.02. The fraction of sp³-hybridized carbons (Fsp3) is 0.576. The Morgan fingerprint density at radius 3 is 2.09 bits per heavy atom. The van der Waals surface area contributed by atoms with E-state index >= 15 is 0 Å². The van der Waals surface area contributed by atoms with E-state index in [1.165, 1.54) is 11.9 Å². The summed E-state index contributed by atoms with van der Waals surface area (Å²) in [6.45, 7) is 14.0. The Labute approximate surface area is 264 Å². The van der Waals surface area contributed by atoms with Gasteiger partial charge < -0.3 is 28.6 Å². The Bertz CT molecular complexity index is 1360. The van der Waals surface area contributed by atoms with Crippen LogP contribution in [-0.4, -0.2) is 78.0 Å². The lowest BCUT2D eigenvalue weighted by Gasteiger charge is -2.35. The minimum atomic E-state index is -1.31. The van der Waals surface area contributed by atoms with Gasteiger partial charge in [0.1, 0.15) is 23.3 Å². The van der Waals surface area contributed by atoms with E-state index in [1.54, 1.807) is 25.7 Å². The number of carbonyl (C=O) groups excluding carboxylic acids is 2. The number of piperidine rings is 1. The Hall–Kier alpha value is -3.25. The maximum absolute atomic E-state index is 14.5. The lowest BCUT2D eigenvalue weighted by Crippen LogP contribution is -2.47. The minimum absolute atomic E-state index is 0.103. The van der Waals surface area contributed by atoms with Crippen molar-refractivity contribution in [3.8, 4) is 5.75 Å². The van der Waals surface area contributed by atoms with Crippen molar-refractivity contribution in [3.05, 3.63) is 59.4 Å². The third-order valence-electron chi connectivity index (χ3n) is 8.69. The zero-order valence-corrected chi connectivity index (χ0v) is 27.4. The summed E-state index contributed by atoms with van der Waals surface area (Å²) in [6.07, 6.45) is 0.0178. The van der Waals surface area contributed by atoms with Crippen molar-refractivity contribution in [3.63, 3.8) is 0 Å². The number of benzene rings is 2. The highest BCUT2D eigenvalue weighted by Crippen LogP contribution is 2.36. The van der Waals surface area contributed by atoms with Gasteiger partial charge in [0.25, 0.3) is 0 Å². The first-order valence-electron chi connectivity index (χ1n) is 15.3. The predicted octanol–water partition coefficient (Wildman–Crippen LogP) is 5.64. The molecule has 246 valence electrons. The van der Waals surface area contributed by atoms with Gasteiger partial charge in [-0.15, -0.1) is 0 Å². The molecule has 8 nitrogen and oxygen atoms in total. The van der Waals surface area contributed by atoms with Crippen LogP contribution in [0.5, 0.6) is 5.75 Å². The molecule has 4 rings (SSSR count). The second kappa shape index (κ2) is 13.2. The van der Waals surface area contributed by atoms with Crippen LogP contribution >= 0.6 is 0 Å². The van der Waals surface area contributed by atoms with Gasteiger partial charge >= 0.3 is 13.2 Å². The molecule has 1 atom stereocenters.